The van der Waals surface area contributed by atoms with Crippen LogP contribution in [0.15, 0.2) is 24.3 Å². The maximum Gasteiger partial charge on any atom is 0.573 e. The van der Waals surface area contributed by atoms with E-state index in [1.54, 1.807) is 0 Å². The van der Waals surface area contributed by atoms with Crippen LogP contribution in [0.5, 0.6) is 5.75 Å². The number of ether oxygens (including phenoxy) is 2. The van der Waals surface area contributed by atoms with Gasteiger partial charge in [-0.25, -0.2) is 0 Å². The fourth-order valence-electron chi connectivity index (χ4n) is 3.69. The SMILES string of the molecule is C#C[C@H](CC(N)=O)NC(=O)[C@@H]1COCCN1C(=O)C1(c2ccc(OC(F)(F)F)cc2)CC1. The quantitative estimate of drug-likeness (QED) is 0.595. The average molecular weight is 453 g/mol. The van der Waals surface area contributed by atoms with Crippen LogP contribution < -0.4 is 15.8 Å². The second-order valence-electron chi connectivity index (χ2n) is 7.64. The van der Waals surface area contributed by atoms with Gasteiger partial charge in [0.05, 0.1) is 31.1 Å². The summed E-state index contributed by atoms with van der Waals surface area (Å²) in [6.07, 6.45) is 1.26. The summed E-state index contributed by atoms with van der Waals surface area (Å²) in [6, 6.07) is 3.26. The van der Waals surface area contributed by atoms with Crippen LogP contribution in [0.2, 0.25) is 0 Å². The van der Waals surface area contributed by atoms with E-state index in [4.69, 9.17) is 16.9 Å². The van der Waals surface area contributed by atoms with E-state index in [2.05, 4.69) is 16.0 Å². The molecule has 172 valence electrons. The number of primary amides is 1. The molecule has 1 heterocycles. The number of terminal acetylenes is 1. The number of benzene rings is 1. The highest BCUT2D eigenvalue weighted by atomic mass is 19.4. The lowest BCUT2D eigenvalue weighted by Crippen LogP contribution is -2.59. The Labute approximate surface area is 182 Å². The van der Waals surface area contributed by atoms with Crippen LogP contribution in [-0.2, 0) is 24.5 Å². The smallest absolute Gasteiger partial charge is 0.406 e. The molecule has 2 fully saturated rings. The highest BCUT2D eigenvalue weighted by Crippen LogP contribution is 2.50. The number of nitrogens with two attached hydrogens (primary N) is 1. The number of alkyl halides is 3. The van der Waals surface area contributed by atoms with Gasteiger partial charge in [0.1, 0.15) is 11.8 Å². The van der Waals surface area contributed by atoms with Crippen LogP contribution in [0.1, 0.15) is 24.8 Å². The summed E-state index contributed by atoms with van der Waals surface area (Å²) in [5.41, 5.74) is 4.74. The molecule has 1 aliphatic carbocycles. The number of halogens is 3. The van der Waals surface area contributed by atoms with Gasteiger partial charge in [-0.1, -0.05) is 18.1 Å². The molecular weight excluding hydrogens is 431 g/mol. The van der Waals surface area contributed by atoms with Crippen LogP contribution in [0.3, 0.4) is 0 Å². The average Bonchev–Trinajstić information content (AvgIpc) is 3.53. The van der Waals surface area contributed by atoms with Gasteiger partial charge in [0.25, 0.3) is 0 Å². The van der Waals surface area contributed by atoms with Crippen LogP contribution in [0, 0.1) is 12.3 Å². The minimum atomic E-state index is -4.81. The van der Waals surface area contributed by atoms with Crippen LogP contribution in [0.25, 0.3) is 0 Å². The zero-order valence-corrected chi connectivity index (χ0v) is 17.0. The summed E-state index contributed by atoms with van der Waals surface area (Å²) in [5, 5.41) is 2.52. The topological polar surface area (TPSA) is 111 Å². The number of nitrogens with one attached hydrogen (secondary N) is 1. The number of morpholine rings is 1. The molecule has 1 aliphatic heterocycles. The minimum Gasteiger partial charge on any atom is -0.406 e. The van der Waals surface area contributed by atoms with Crippen LogP contribution in [-0.4, -0.2) is 60.8 Å². The molecule has 32 heavy (non-hydrogen) atoms. The van der Waals surface area contributed by atoms with E-state index >= 15 is 0 Å². The lowest BCUT2D eigenvalue weighted by Gasteiger charge is -2.37. The molecule has 1 saturated carbocycles. The van der Waals surface area contributed by atoms with E-state index in [-0.39, 0.29) is 37.8 Å². The van der Waals surface area contributed by atoms with Crippen molar-refractivity contribution in [3.63, 3.8) is 0 Å². The molecule has 3 rings (SSSR count). The van der Waals surface area contributed by atoms with E-state index in [1.807, 2.05) is 0 Å². The molecule has 2 atom stereocenters. The van der Waals surface area contributed by atoms with Gasteiger partial charge in [-0.15, -0.1) is 19.6 Å². The van der Waals surface area contributed by atoms with E-state index in [0.29, 0.717) is 18.4 Å². The van der Waals surface area contributed by atoms with Crippen molar-refractivity contribution in [2.24, 2.45) is 5.73 Å². The van der Waals surface area contributed by atoms with Gasteiger partial charge in [0.15, 0.2) is 0 Å². The fraction of sp³-hybridized carbons (Fsp3) is 0.476. The molecule has 8 nitrogen and oxygen atoms in total. The molecule has 2 aliphatic rings. The first-order valence-electron chi connectivity index (χ1n) is 9.85. The predicted molar refractivity (Wildman–Crippen MR) is 105 cm³/mol. The first-order chi connectivity index (χ1) is 15.1. The summed E-state index contributed by atoms with van der Waals surface area (Å²) < 4.78 is 46.4. The summed E-state index contributed by atoms with van der Waals surface area (Å²) in [5.74, 6) is 0.299. The highest BCUT2D eigenvalue weighted by molar-refractivity contribution is 5.95. The van der Waals surface area contributed by atoms with Crippen molar-refractivity contribution in [2.45, 2.75) is 43.1 Å². The van der Waals surface area contributed by atoms with E-state index < -0.39 is 35.7 Å². The number of hydrogen-bond donors (Lipinski definition) is 2. The lowest BCUT2D eigenvalue weighted by molar-refractivity contribution is -0.274. The van der Waals surface area contributed by atoms with Crippen LogP contribution in [0.4, 0.5) is 13.2 Å². The summed E-state index contributed by atoms with van der Waals surface area (Å²) >= 11 is 0. The highest BCUT2D eigenvalue weighted by Gasteiger charge is 2.55. The van der Waals surface area contributed by atoms with Crippen molar-refractivity contribution in [2.75, 3.05) is 19.8 Å². The number of hydrogen-bond acceptors (Lipinski definition) is 5. The number of carbonyl (C=O) groups is 3. The van der Waals surface area contributed by atoms with Gasteiger partial charge in [-0.3, -0.25) is 14.4 Å². The molecule has 0 radical (unpaired) electrons. The molecule has 1 saturated heterocycles. The number of rotatable bonds is 7. The Bertz CT molecular complexity index is 922. The third kappa shape index (κ3) is 5.31. The minimum absolute atomic E-state index is 0.0557. The third-order valence-corrected chi connectivity index (χ3v) is 5.41. The predicted octanol–water partition coefficient (Wildman–Crippen LogP) is 0.838. The maximum absolute atomic E-state index is 13.4. The van der Waals surface area contributed by atoms with Gasteiger partial charge in [0, 0.05) is 6.54 Å². The molecule has 1 aromatic rings. The van der Waals surface area contributed by atoms with Gasteiger partial charge in [-0.2, -0.15) is 0 Å². The summed E-state index contributed by atoms with van der Waals surface area (Å²) in [4.78, 5) is 38.7. The third-order valence-electron chi connectivity index (χ3n) is 5.41. The standard InChI is InChI=1S/C21H22F3N3O5/c1-2-14(11-17(25)28)26-18(29)16-12-31-10-9-27(16)19(30)20(7-8-20)13-3-5-15(6-4-13)32-21(22,23)24/h1,3-6,14,16H,7-12H2,(H2,25,28)(H,26,29)/t14-,16+/m1/s1. The van der Waals surface area contributed by atoms with Gasteiger partial charge < -0.3 is 25.4 Å². The summed E-state index contributed by atoms with van der Waals surface area (Å²) in [7, 11) is 0. The Morgan fingerprint density at radius 1 is 1.31 bits per heavy atom. The molecule has 11 heteroatoms. The molecule has 0 spiro atoms. The zero-order valence-electron chi connectivity index (χ0n) is 17.0. The van der Waals surface area contributed by atoms with E-state index in [9.17, 15) is 27.6 Å². The molecular formula is C21H22F3N3O5. The Kier molecular flexibility index (Phi) is 6.64. The Balaban J connectivity index is 1.75. The first kappa shape index (κ1) is 23.4. The Morgan fingerprint density at radius 2 is 1.97 bits per heavy atom. The molecule has 0 unspecified atom stereocenters. The van der Waals surface area contributed by atoms with Crippen molar-refractivity contribution >= 4 is 17.7 Å². The van der Waals surface area contributed by atoms with Crippen molar-refractivity contribution in [1.82, 2.24) is 10.2 Å². The zero-order chi connectivity index (χ0) is 23.5. The first-order valence-corrected chi connectivity index (χ1v) is 9.85. The molecule has 1 aromatic carbocycles. The number of carbonyl (C=O) groups excluding carboxylic acids is 3. The lowest BCUT2D eigenvalue weighted by atomic mass is 9.93. The van der Waals surface area contributed by atoms with Crippen molar-refractivity contribution in [1.29, 1.82) is 0 Å². The van der Waals surface area contributed by atoms with E-state index in [1.165, 1.54) is 17.0 Å². The maximum atomic E-state index is 13.4. The van der Waals surface area contributed by atoms with Crippen molar-refractivity contribution in [3.05, 3.63) is 29.8 Å². The van der Waals surface area contributed by atoms with Gasteiger partial charge in [0.2, 0.25) is 17.7 Å². The van der Waals surface area contributed by atoms with E-state index in [0.717, 1.165) is 12.1 Å². The second-order valence-corrected chi connectivity index (χ2v) is 7.64. The summed E-state index contributed by atoms with van der Waals surface area (Å²) in [6.45, 7) is 0.328. The fourth-order valence-corrected chi connectivity index (χ4v) is 3.69. The molecule has 0 bridgehead atoms. The Morgan fingerprint density at radius 3 is 2.50 bits per heavy atom. The monoisotopic (exact) mass is 453 g/mol. The molecule has 0 aromatic heterocycles. The van der Waals surface area contributed by atoms with Crippen LogP contribution >= 0.6 is 0 Å². The molecule has 3 amide bonds. The number of nitrogens with zero attached hydrogens (tertiary/aromatic N) is 1. The van der Waals surface area contributed by atoms with Crippen molar-refractivity contribution < 1.29 is 37.0 Å². The second kappa shape index (κ2) is 9.08. The van der Waals surface area contributed by atoms with Crippen molar-refractivity contribution in [3.8, 4) is 18.1 Å². The number of amides is 3. The van der Waals surface area contributed by atoms with Gasteiger partial charge >= 0.3 is 6.36 Å². The Hall–Kier alpha value is -3.26. The largest absolute Gasteiger partial charge is 0.573 e. The van der Waals surface area contributed by atoms with Gasteiger partial charge in [-0.05, 0) is 30.5 Å². The normalized spacial score (nSPS) is 20.6. The molecule has 3 N–H and O–H groups in total.